The van der Waals surface area contributed by atoms with Crippen molar-refractivity contribution >= 4 is 0 Å². The van der Waals surface area contributed by atoms with Gasteiger partial charge in [-0.05, 0) is 18.2 Å². The van der Waals surface area contributed by atoms with E-state index in [0.717, 1.165) is 12.1 Å². The van der Waals surface area contributed by atoms with E-state index < -0.39 is 11.7 Å². The number of halogens is 3. The van der Waals surface area contributed by atoms with Gasteiger partial charge < -0.3 is 9.47 Å². The summed E-state index contributed by atoms with van der Waals surface area (Å²) < 4.78 is 46.0. The molecule has 0 radical (unpaired) electrons. The highest BCUT2D eigenvalue weighted by molar-refractivity contribution is 5.30. The first-order valence-corrected chi connectivity index (χ1v) is 3.83. The average molecular weight is 206 g/mol. The lowest BCUT2D eigenvalue weighted by atomic mass is 10.2. The van der Waals surface area contributed by atoms with Gasteiger partial charge in [-0.1, -0.05) is 6.07 Å². The van der Waals surface area contributed by atoms with Crippen LogP contribution in [0.4, 0.5) is 13.2 Å². The molecule has 0 unspecified atom stereocenters. The van der Waals surface area contributed by atoms with Crippen molar-refractivity contribution in [3.05, 3.63) is 29.8 Å². The topological polar surface area (TPSA) is 18.5 Å². The third-order valence-corrected chi connectivity index (χ3v) is 1.50. The maximum atomic E-state index is 12.2. The van der Waals surface area contributed by atoms with Crippen molar-refractivity contribution in [3.8, 4) is 5.75 Å². The highest BCUT2D eigenvalue weighted by Crippen LogP contribution is 2.31. The Morgan fingerprint density at radius 2 is 2.00 bits per heavy atom. The van der Waals surface area contributed by atoms with Crippen molar-refractivity contribution in [2.75, 3.05) is 13.9 Å². The molecule has 0 aliphatic rings. The number of hydrogen-bond acceptors (Lipinski definition) is 2. The van der Waals surface area contributed by atoms with E-state index in [9.17, 15) is 13.2 Å². The van der Waals surface area contributed by atoms with Crippen molar-refractivity contribution in [3.63, 3.8) is 0 Å². The minimum atomic E-state index is -4.34. The van der Waals surface area contributed by atoms with E-state index in [1.165, 1.54) is 19.2 Å². The Hall–Kier alpha value is -1.23. The molecule has 0 aromatic heterocycles. The van der Waals surface area contributed by atoms with Crippen LogP contribution >= 0.6 is 0 Å². The fraction of sp³-hybridized carbons (Fsp3) is 0.333. The molecule has 78 valence electrons. The van der Waals surface area contributed by atoms with Crippen LogP contribution in [0.2, 0.25) is 0 Å². The molecular formula is C9H9F3O2. The summed E-state index contributed by atoms with van der Waals surface area (Å²) in [6.07, 6.45) is -4.34. The van der Waals surface area contributed by atoms with Crippen molar-refractivity contribution in [1.29, 1.82) is 0 Å². The molecule has 0 atom stereocenters. The Balaban J connectivity index is 2.79. The van der Waals surface area contributed by atoms with Gasteiger partial charge in [0.05, 0.1) is 5.56 Å². The molecule has 1 aromatic rings. The Morgan fingerprint density at radius 3 is 2.57 bits per heavy atom. The standard InChI is InChI=1S/C9H9F3O2/c1-13-6-14-8-4-2-3-7(5-8)9(10,11)12/h2-5H,6H2,1H3. The van der Waals surface area contributed by atoms with Gasteiger partial charge in [-0.2, -0.15) is 13.2 Å². The lowest BCUT2D eigenvalue weighted by molar-refractivity contribution is -0.137. The first-order valence-electron chi connectivity index (χ1n) is 3.83. The van der Waals surface area contributed by atoms with Crippen LogP contribution in [0.3, 0.4) is 0 Å². The van der Waals surface area contributed by atoms with Crippen LogP contribution in [-0.2, 0) is 10.9 Å². The van der Waals surface area contributed by atoms with Gasteiger partial charge in [-0.25, -0.2) is 0 Å². The monoisotopic (exact) mass is 206 g/mol. The Kier molecular flexibility index (Phi) is 3.35. The number of ether oxygens (including phenoxy) is 2. The summed E-state index contributed by atoms with van der Waals surface area (Å²) in [7, 11) is 1.40. The van der Waals surface area contributed by atoms with E-state index in [4.69, 9.17) is 4.74 Å². The smallest absolute Gasteiger partial charge is 0.416 e. The van der Waals surface area contributed by atoms with E-state index in [1.54, 1.807) is 0 Å². The van der Waals surface area contributed by atoms with Gasteiger partial charge in [0.2, 0.25) is 0 Å². The first-order chi connectivity index (χ1) is 6.54. The van der Waals surface area contributed by atoms with Gasteiger partial charge in [0, 0.05) is 7.11 Å². The molecule has 0 bridgehead atoms. The van der Waals surface area contributed by atoms with Gasteiger partial charge in [0.25, 0.3) is 0 Å². The second-order valence-corrected chi connectivity index (χ2v) is 2.58. The van der Waals surface area contributed by atoms with Gasteiger partial charge in [-0.3, -0.25) is 0 Å². The zero-order valence-electron chi connectivity index (χ0n) is 7.47. The lowest BCUT2D eigenvalue weighted by Crippen LogP contribution is -2.05. The summed E-state index contributed by atoms with van der Waals surface area (Å²) >= 11 is 0. The molecule has 0 saturated heterocycles. The molecule has 1 rings (SSSR count). The summed E-state index contributed by atoms with van der Waals surface area (Å²) in [6, 6.07) is 4.64. The van der Waals surface area contributed by atoms with Gasteiger partial charge in [0.15, 0.2) is 6.79 Å². The van der Waals surface area contributed by atoms with Crippen LogP contribution in [0.15, 0.2) is 24.3 Å². The second kappa shape index (κ2) is 4.32. The summed E-state index contributed by atoms with van der Waals surface area (Å²) in [4.78, 5) is 0. The minimum Gasteiger partial charge on any atom is -0.468 e. The maximum absolute atomic E-state index is 12.2. The molecule has 0 N–H and O–H groups in total. The second-order valence-electron chi connectivity index (χ2n) is 2.58. The van der Waals surface area contributed by atoms with Crippen molar-refractivity contribution < 1.29 is 22.6 Å². The Labute approximate surface area is 79.2 Å². The van der Waals surface area contributed by atoms with Crippen LogP contribution in [0.1, 0.15) is 5.56 Å². The van der Waals surface area contributed by atoms with Crippen molar-refractivity contribution in [2.24, 2.45) is 0 Å². The van der Waals surface area contributed by atoms with Crippen LogP contribution in [-0.4, -0.2) is 13.9 Å². The third kappa shape index (κ3) is 2.92. The van der Waals surface area contributed by atoms with E-state index in [2.05, 4.69) is 4.74 Å². The zero-order valence-corrected chi connectivity index (χ0v) is 7.47. The predicted molar refractivity (Wildman–Crippen MR) is 43.9 cm³/mol. The van der Waals surface area contributed by atoms with Gasteiger partial charge in [0.1, 0.15) is 5.75 Å². The number of hydrogen-bond donors (Lipinski definition) is 0. The minimum absolute atomic E-state index is 0.0681. The fourth-order valence-electron chi connectivity index (χ4n) is 0.889. The molecule has 5 heteroatoms. The van der Waals surface area contributed by atoms with Crippen molar-refractivity contribution in [2.45, 2.75) is 6.18 Å². The fourth-order valence-corrected chi connectivity index (χ4v) is 0.889. The predicted octanol–water partition coefficient (Wildman–Crippen LogP) is 2.69. The molecule has 0 heterocycles. The normalized spacial score (nSPS) is 11.4. The zero-order chi connectivity index (χ0) is 10.6. The number of alkyl halides is 3. The Morgan fingerprint density at radius 1 is 1.29 bits per heavy atom. The van der Waals surface area contributed by atoms with E-state index in [1.807, 2.05) is 0 Å². The van der Waals surface area contributed by atoms with Gasteiger partial charge in [-0.15, -0.1) is 0 Å². The maximum Gasteiger partial charge on any atom is 0.416 e. The van der Waals surface area contributed by atoms with Crippen molar-refractivity contribution in [1.82, 2.24) is 0 Å². The summed E-state index contributed by atoms with van der Waals surface area (Å²) in [5.74, 6) is 0.140. The van der Waals surface area contributed by atoms with Crippen LogP contribution < -0.4 is 4.74 Å². The van der Waals surface area contributed by atoms with Crippen LogP contribution in [0, 0.1) is 0 Å². The molecule has 1 aromatic carbocycles. The SMILES string of the molecule is COCOc1cccc(C(F)(F)F)c1. The van der Waals surface area contributed by atoms with E-state index in [-0.39, 0.29) is 12.5 Å². The summed E-state index contributed by atoms with van der Waals surface area (Å²) in [5, 5.41) is 0. The average Bonchev–Trinajstić information content (AvgIpc) is 2.14. The highest BCUT2D eigenvalue weighted by Gasteiger charge is 2.30. The molecule has 0 amide bonds. The lowest BCUT2D eigenvalue weighted by Gasteiger charge is -2.09. The summed E-state index contributed by atoms with van der Waals surface area (Å²) in [5.41, 5.74) is -0.730. The molecule has 14 heavy (non-hydrogen) atoms. The molecule has 0 spiro atoms. The van der Waals surface area contributed by atoms with E-state index in [0.29, 0.717) is 0 Å². The Bertz CT molecular complexity index is 296. The molecular weight excluding hydrogens is 197 g/mol. The highest BCUT2D eigenvalue weighted by atomic mass is 19.4. The molecule has 0 aliphatic heterocycles. The molecule has 0 saturated carbocycles. The van der Waals surface area contributed by atoms with Crippen LogP contribution in [0.5, 0.6) is 5.75 Å². The largest absolute Gasteiger partial charge is 0.468 e. The first kappa shape index (κ1) is 10.8. The quantitative estimate of drug-likeness (QED) is 0.708. The summed E-state index contributed by atoms with van der Waals surface area (Å²) in [6.45, 7) is -0.0681. The van der Waals surface area contributed by atoms with E-state index >= 15 is 0 Å². The third-order valence-electron chi connectivity index (χ3n) is 1.50. The molecule has 0 fully saturated rings. The molecule has 2 nitrogen and oxygen atoms in total. The number of rotatable bonds is 3. The number of benzene rings is 1. The van der Waals surface area contributed by atoms with Gasteiger partial charge >= 0.3 is 6.18 Å². The number of methoxy groups -OCH3 is 1. The van der Waals surface area contributed by atoms with Crippen LogP contribution in [0.25, 0.3) is 0 Å². The molecule has 0 aliphatic carbocycles.